The van der Waals surface area contributed by atoms with Gasteiger partial charge in [0.1, 0.15) is 47.4 Å². The molecule has 0 aliphatic carbocycles. The number of fused-ring (bicyclic) bond motifs is 4. The molecule has 124 heavy (non-hydrogen) atoms. The number of carbonyl (C=O) groups excluding carboxylic acids is 6. The van der Waals surface area contributed by atoms with E-state index in [2.05, 4.69) is 93.7 Å². The van der Waals surface area contributed by atoms with Crippen molar-refractivity contribution in [2.45, 2.75) is 58.8 Å². The van der Waals surface area contributed by atoms with Gasteiger partial charge in [-0.15, -0.1) is 45.3 Å². The van der Waals surface area contributed by atoms with Crippen LogP contribution in [0.3, 0.4) is 0 Å². The van der Waals surface area contributed by atoms with Gasteiger partial charge in [-0.25, -0.2) is 66.2 Å². The summed E-state index contributed by atoms with van der Waals surface area (Å²) in [7, 11) is -1.09. The Labute approximate surface area is 759 Å². The molecule has 30 nitrogen and oxygen atoms in total. The zero-order chi connectivity index (χ0) is 88.4. The number of nitrogens with one attached hydrogen (secondary N) is 2. The lowest BCUT2D eigenvalue weighted by molar-refractivity contribution is -0.140. The van der Waals surface area contributed by atoms with Gasteiger partial charge < -0.3 is 58.4 Å². The molecule has 0 radical (unpaired) electrons. The quantitative estimate of drug-likeness (QED) is 0.0458. The molecule has 12 heterocycles. The van der Waals surface area contributed by atoms with Crippen LogP contribution in [0.1, 0.15) is 101 Å². The Bertz CT molecular complexity index is 5770. The zero-order valence-electron chi connectivity index (χ0n) is 67.3. The summed E-state index contributed by atoms with van der Waals surface area (Å²) < 4.78 is 112. The van der Waals surface area contributed by atoms with Crippen molar-refractivity contribution in [2.75, 3.05) is 119 Å². The first-order valence-electron chi connectivity index (χ1n) is 38.6. The van der Waals surface area contributed by atoms with Gasteiger partial charge in [0.05, 0.1) is 86.9 Å². The fourth-order valence-electron chi connectivity index (χ4n) is 14.7. The van der Waals surface area contributed by atoms with Crippen molar-refractivity contribution in [1.29, 1.82) is 0 Å². The summed E-state index contributed by atoms with van der Waals surface area (Å²) in [5.41, 5.74) is 6.34. The number of amidine groups is 4. The van der Waals surface area contributed by atoms with Crippen LogP contribution in [0.25, 0.3) is 0 Å². The lowest BCUT2D eigenvalue weighted by Crippen LogP contribution is -2.53. The van der Waals surface area contributed by atoms with Crippen LogP contribution in [0.4, 0.5) is 22.4 Å². The number of piperazine rings is 4. The number of rotatable bonds is 18. The Balaban J connectivity index is 0.000000142. The number of hydrogen-bond acceptors (Lipinski definition) is 30. The molecule has 4 aromatic heterocycles. The van der Waals surface area contributed by atoms with E-state index in [1.54, 1.807) is 81.6 Å². The Morgan fingerprint density at radius 3 is 1.06 bits per heavy atom. The van der Waals surface area contributed by atoms with Crippen molar-refractivity contribution in [1.82, 2.24) is 63.7 Å². The first kappa shape index (κ1) is 92.0. The highest BCUT2D eigenvalue weighted by molar-refractivity contribution is 9.11. The molecule has 4 atom stereocenters. The van der Waals surface area contributed by atoms with E-state index < -0.39 is 81.8 Å². The summed E-state index contributed by atoms with van der Waals surface area (Å²) in [6.07, 6.45) is 6.27. The Morgan fingerprint density at radius 1 is 0.452 bits per heavy atom. The number of hydrogen-bond donors (Lipinski definition) is 2. The highest BCUT2D eigenvalue weighted by Gasteiger charge is 2.47. The lowest BCUT2D eigenvalue weighted by Gasteiger charge is -2.42. The molecule has 4 aromatic carbocycles. The number of aromatic nitrogens is 4. The number of nitrogens with zero attached hydrogens (tertiary/aromatic N) is 15. The minimum Gasteiger partial charge on any atom is -0.463 e. The van der Waals surface area contributed by atoms with E-state index in [9.17, 15) is 54.7 Å². The van der Waals surface area contributed by atoms with Crippen molar-refractivity contribution >= 4 is 178 Å². The number of thiazole rings is 4. The van der Waals surface area contributed by atoms with Crippen molar-refractivity contribution in [3.63, 3.8) is 0 Å². The minimum absolute atomic E-state index is 0.0585. The molecule has 2 unspecified atom stereocenters. The fraction of sp³-hybridized carbons (Fsp3) is 0.333. The van der Waals surface area contributed by atoms with Crippen LogP contribution >= 0.6 is 109 Å². The van der Waals surface area contributed by atoms with E-state index in [1.165, 1.54) is 124 Å². The zero-order valence-corrected chi connectivity index (χ0v) is 77.7. The van der Waals surface area contributed by atoms with Gasteiger partial charge in [0.2, 0.25) is 5.91 Å². The number of benzene rings is 4. The van der Waals surface area contributed by atoms with E-state index in [4.69, 9.17) is 43.7 Å². The lowest BCUT2D eigenvalue weighted by atomic mass is 9.93. The van der Waals surface area contributed by atoms with Crippen LogP contribution in [0.5, 0.6) is 0 Å². The van der Waals surface area contributed by atoms with Crippen molar-refractivity contribution in [3.05, 3.63) is 248 Å². The summed E-state index contributed by atoms with van der Waals surface area (Å²) in [4.78, 5) is 125. The monoisotopic (exact) mass is 2050 g/mol. The van der Waals surface area contributed by atoms with E-state index in [1.807, 2.05) is 41.1 Å². The molecule has 16 rings (SSSR count). The van der Waals surface area contributed by atoms with Crippen LogP contribution in [0, 0.1) is 23.3 Å². The van der Waals surface area contributed by atoms with E-state index in [0.29, 0.717) is 146 Å². The number of halogens is 8. The second-order valence-corrected chi connectivity index (χ2v) is 36.3. The maximum atomic E-state index is 13.8. The molecule has 8 aliphatic heterocycles. The molecule has 8 aliphatic rings. The van der Waals surface area contributed by atoms with E-state index in [0.717, 1.165) is 23.1 Å². The summed E-state index contributed by atoms with van der Waals surface area (Å²) in [6.45, 7) is 13.8. The third-order valence-corrected chi connectivity index (χ3v) is 27.6. The SMILES string of the molecule is CCOC(=O)C1=C2CN(C(=O)OC)CCN2C(c2nccs2)=N[C@H]1c1ccc(F)cc1Br.CCOC(=O)C1=C2CN(C(C)=O)CCN2C(c2nccs2)=NC1c1ccc(F)cc1Br.CCOC(=O)C1=C2CN(S(=O)(=O)NC)CCN2C(c2nccs2)=N[C@H]1c1ccc(F)cc1Br.CCOC(=O)C1=C2CNCCN2C(c2nccs2)=NC1c1ccc(F)cc1Br. The molecule has 8 aromatic rings. The van der Waals surface area contributed by atoms with Gasteiger partial charge in [-0.1, -0.05) is 88.0 Å². The van der Waals surface area contributed by atoms with Crippen LogP contribution in [0.2, 0.25) is 0 Å². The highest BCUT2D eigenvalue weighted by atomic mass is 79.9. The van der Waals surface area contributed by atoms with Gasteiger partial charge in [-0.2, -0.15) is 12.7 Å². The minimum atomic E-state index is -3.74. The average molecular weight is 2050 g/mol. The molecule has 4 saturated heterocycles. The number of carbonyl (C=O) groups is 6. The standard InChI is InChI=1S/C21H20BrFN4O4S.C21H20BrFN4O3S.C20H21BrFN5O4S2.C19H18BrFN4O2S/c1-3-31-20(28)16-15-11-26(21(29)30-2)7-8-27(15)18(19-24-6-9-32-19)25-17(16)13-5-4-12(23)10-14(13)22;1-3-30-21(29)17-16-11-26(12(2)28)7-8-27(16)19(20-24-6-9-31-20)25-18(17)14-5-4-13(23)10-15(14)22;1-3-31-20(28)16-15-11-26(33(29,30)23-2)7-8-27(15)18(19-24-6-9-32-19)25-17(16)13-5-4-12(22)10-14(13)21;1-2-27-19(26)15-14-10-22-5-7-25(14)17(18-23-6-8-28-18)24-16(15)12-4-3-11(21)9-13(12)20/h4-6,9-10,17H,3,7-8,11H2,1-2H3;4-6,9-10,18H,3,7-8,11H2,1-2H3;4-6,9-10,17,23H,3,7-8,11H2,1-2H3;3-4,6,8-9,16,22H,2,5,7,10H2,1H3/t17-;;17-;/m0.0./s1. The second kappa shape index (κ2) is 41.2. The predicted molar refractivity (Wildman–Crippen MR) is 472 cm³/mol. The average Bonchev–Trinajstić information content (AvgIpc) is 0.973. The van der Waals surface area contributed by atoms with Gasteiger partial charge in [-0.05, 0) is 98.5 Å². The van der Waals surface area contributed by atoms with Crippen molar-refractivity contribution < 1.29 is 78.4 Å². The van der Waals surface area contributed by atoms with Crippen LogP contribution in [0.15, 0.2) is 202 Å². The number of ether oxygens (including phenoxy) is 5. The summed E-state index contributed by atoms with van der Waals surface area (Å²) in [6, 6.07) is 14.1. The molecule has 652 valence electrons. The third-order valence-electron chi connectivity index (χ3n) is 20.2. The normalized spacial score (nSPS) is 18.9. The maximum Gasteiger partial charge on any atom is 0.409 e. The third kappa shape index (κ3) is 20.1. The van der Waals surface area contributed by atoms with Crippen LogP contribution in [-0.4, -0.2) is 240 Å². The second-order valence-electron chi connectivity index (χ2n) is 27.4. The largest absolute Gasteiger partial charge is 0.463 e. The van der Waals surface area contributed by atoms with Gasteiger partial charge in [0, 0.05) is 148 Å². The number of amides is 2. The van der Waals surface area contributed by atoms with Crippen LogP contribution in [-0.2, 0) is 57.9 Å². The molecular weight excluding hydrogens is 1970 g/mol. The first-order valence-corrected chi connectivity index (χ1v) is 46.7. The number of esters is 4. The van der Waals surface area contributed by atoms with Gasteiger partial charge >= 0.3 is 30.0 Å². The highest BCUT2D eigenvalue weighted by Crippen LogP contribution is 2.46. The molecule has 0 bridgehead atoms. The van der Waals surface area contributed by atoms with E-state index in [-0.39, 0.29) is 76.4 Å². The molecular formula is C81H79Br4F4N17O13S5. The number of aliphatic imine (C=N–C) groups is 4. The fourth-order valence-corrected chi connectivity index (χ4v) is 20.4. The van der Waals surface area contributed by atoms with Crippen LogP contribution < -0.4 is 10.0 Å². The molecule has 4 fully saturated rings. The van der Waals surface area contributed by atoms with Crippen molar-refractivity contribution in [2.24, 2.45) is 20.0 Å². The molecule has 2 amide bonds. The topological polar surface area (TPSA) is 330 Å². The van der Waals surface area contributed by atoms with E-state index >= 15 is 0 Å². The molecule has 0 spiro atoms. The summed E-state index contributed by atoms with van der Waals surface area (Å²) in [5.74, 6) is -1.29. The Hall–Kier alpha value is -9.67. The Kier molecular flexibility index (Phi) is 30.6. The van der Waals surface area contributed by atoms with Gasteiger partial charge in [0.15, 0.2) is 43.4 Å². The Morgan fingerprint density at radius 2 is 0.758 bits per heavy atom. The van der Waals surface area contributed by atoms with Gasteiger partial charge in [0.25, 0.3) is 10.2 Å². The summed E-state index contributed by atoms with van der Waals surface area (Å²) >= 11 is 19.4. The molecule has 0 saturated carbocycles. The first-order chi connectivity index (χ1) is 59.7. The van der Waals surface area contributed by atoms with Crippen molar-refractivity contribution in [3.8, 4) is 0 Å². The molecule has 2 N–H and O–H groups in total. The van der Waals surface area contributed by atoms with Gasteiger partial charge in [-0.3, -0.25) is 24.8 Å². The predicted octanol–water partition coefficient (Wildman–Crippen LogP) is 13.0. The number of methoxy groups -OCH3 is 1. The smallest absolute Gasteiger partial charge is 0.409 e. The molecule has 43 heteroatoms. The summed E-state index contributed by atoms with van der Waals surface area (Å²) in [5, 5.41) is 13.5. The maximum absolute atomic E-state index is 13.8.